The van der Waals surface area contributed by atoms with Crippen LogP contribution in [0.25, 0.3) is 0 Å². The molecule has 0 unspecified atom stereocenters. The molecule has 0 spiro atoms. The minimum absolute atomic E-state index is 0.0407. The van der Waals surface area contributed by atoms with E-state index in [0.717, 1.165) is 0 Å². The predicted molar refractivity (Wildman–Crippen MR) is 69.2 cm³/mol. The molecular formula is C13H15N3O4. The summed E-state index contributed by atoms with van der Waals surface area (Å²) in [5.74, 6) is -1.61. The largest absolute Gasteiger partial charge is 0.477 e. The average Bonchev–Trinajstić information content (AvgIpc) is 2.47. The number of hydrogen-bond acceptors (Lipinski definition) is 5. The fourth-order valence-electron chi connectivity index (χ4n) is 1.54. The zero-order valence-electron chi connectivity index (χ0n) is 11.1. The van der Waals surface area contributed by atoms with E-state index >= 15 is 0 Å². The summed E-state index contributed by atoms with van der Waals surface area (Å²) in [4.78, 5) is 28.3. The van der Waals surface area contributed by atoms with Gasteiger partial charge in [0.05, 0.1) is 19.1 Å². The number of rotatable bonds is 7. The molecule has 0 radical (unpaired) electrons. The summed E-state index contributed by atoms with van der Waals surface area (Å²) in [5.41, 5.74) is -0.151. The highest BCUT2D eigenvalue weighted by molar-refractivity contribution is 5.94. The van der Waals surface area contributed by atoms with E-state index in [2.05, 4.69) is 4.98 Å². The number of hydrogen-bond donors (Lipinski definition) is 1. The molecule has 1 amide bonds. The second kappa shape index (κ2) is 7.86. The van der Waals surface area contributed by atoms with Crippen molar-refractivity contribution < 1.29 is 19.4 Å². The third-order valence-corrected chi connectivity index (χ3v) is 2.53. The normalized spacial score (nSPS) is 9.80. The van der Waals surface area contributed by atoms with Crippen molar-refractivity contribution in [1.29, 1.82) is 5.26 Å². The van der Waals surface area contributed by atoms with E-state index in [-0.39, 0.29) is 24.4 Å². The van der Waals surface area contributed by atoms with Crippen molar-refractivity contribution in [3.8, 4) is 6.07 Å². The molecule has 7 nitrogen and oxygen atoms in total. The van der Waals surface area contributed by atoms with Gasteiger partial charge in [-0.15, -0.1) is 0 Å². The van der Waals surface area contributed by atoms with Gasteiger partial charge in [-0.05, 0) is 12.1 Å². The van der Waals surface area contributed by atoms with Crippen LogP contribution >= 0.6 is 0 Å². The number of methoxy groups -OCH3 is 1. The Labute approximate surface area is 116 Å². The maximum atomic E-state index is 12.2. The van der Waals surface area contributed by atoms with E-state index in [9.17, 15) is 9.59 Å². The topological polar surface area (TPSA) is 104 Å². The summed E-state index contributed by atoms with van der Waals surface area (Å²) in [5, 5.41) is 17.5. The molecule has 1 aromatic heterocycles. The first-order valence-electron chi connectivity index (χ1n) is 5.95. The Morgan fingerprint density at radius 1 is 1.40 bits per heavy atom. The molecule has 1 N–H and O–H groups in total. The molecule has 0 atom stereocenters. The average molecular weight is 277 g/mol. The first kappa shape index (κ1) is 15.6. The van der Waals surface area contributed by atoms with Crippen molar-refractivity contribution in [3.05, 3.63) is 29.6 Å². The second-order valence-corrected chi connectivity index (χ2v) is 3.91. The van der Waals surface area contributed by atoms with Crippen LogP contribution in [0.1, 0.15) is 27.4 Å². The van der Waals surface area contributed by atoms with Crippen molar-refractivity contribution in [2.75, 3.05) is 26.8 Å². The molecule has 0 aliphatic heterocycles. The van der Waals surface area contributed by atoms with Crippen LogP contribution in [0.5, 0.6) is 0 Å². The van der Waals surface area contributed by atoms with Gasteiger partial charge in [-0.1, -0.05) is 6.07 Å². The van der Waals surface area contributed by atoms with Gasteiger partial charge in [-0.2, -0.15) is 5.26 Å². The lowest BCUT2D eigenvalue weighted by Crippen LogP contribution is -2.35. The Morgan fingerprint density at radius 3 is 2.70 bits per heavy atom. The summed E-state index contributed by atoms with van der Waals surface area (Å²) < 4.78 is 4.91. The summed E-state index contributed by atoms with van der Waals surface area (Å²) in [6, 6.07) is 6.18. The van der Waals surface area contributed by atoms with Crippen LogP contribution in [0.4, 0.5) is 0 Å². The Balaban J connectivity index is 2.90. The van der Waals surface area contributed by atoms with Crippen LogP contribution in [-0.4, -0.2) is 53.7 Å². The van der Waals surface area contributed by atoms with Gasteiger partial charge in [0.15, 0.2) is 0 Å². The molecule has 0 aliphatic rings. The second-order valence-electron chi connectivity index (χ2n) is 3.91. The van der Waals surface area contributed by atoms with E-state index < -0.39 is 11.9 Å². The number of nitrogens with zero attached hydrogens (tertiary/aromatic N) is 3. The molecule has 1 aromatic rings. The molecule has 1 rings (SSSR count). The molecule has 20 heavy (non-hydrogen) atoms. The monoisotopic (exact) mass is 277 g/mol. The van der Waals surface area contributed by atoms with Crippen LogP contribution in [0, 0.1) is 11.3 Å². The van der Waals surface area contributed by atoms with Gasteiger partial charge in [0, 0.05) is 20.2 Å². The molecule has 7 heteroatoms. The summed E-state index contributed by atoms with van der Waals surface area (Å²) in [6.45, 7) is 0.892. The highest BCUT2D eigenvalue weighted by Crippen LogP contribution is 2.05. The van der Waals surface area contributed by atoms with E-state index in [1.807, 2.05) is 6.07 Å². The zero-order valence-corrected chi connectivity index (χ0v) is 11.1. The molecule has 0 saturated heterocycles. The molecule has 0 bridgehead atoms. The summed E-state index contributed by atoms with van der Waals surface area (Å²) >= 11 is 0. The van der Waals surface area contributed by atoms with Gasteiger partial charge in [-0.3, -0.25) is 4.79 Å². The summed E-state index contributed by atoms with van der Waals surface area (Å²) in [7, 11) is 1.51. The SMILES string of the molecule is COCCN(CCC#N)C(=O)c1cccc(C(=O)O)n1. The van der Waals surface area contributed by atoms with Crippen LogP contribution in [0.3, 0.4) is 0 Å². The molecule has 106 valence electrons. The third-order valence-electron chi connectivity index (χ3n) is 2.53. The van der Waals surface area contributed by atoms with Crippen molar-refractivity contribution >= 4 is 11.9 Å². The fourth-order valence-corrected chi connectivity index (χ4v) is 1.54. The zero-order chi connectivity index (χ0) is 15.0. The van der Waals surface area contributed by atoms with Crippen molar-refractivity contribution in [1.82, 2.24) is 9.88 Å². The lowest BCUT2D eigenvalue weighted by Gasteiger charge is -2.20. The standard InChI is InChI=1S/C13H15N3O4/c1-20-9-8-16(7-3-6-14)12(17)10-4-2-5-11(15-10)13(18)19/h2,4-5H,3,7-9H2,1H3,(H,18,19). The quantitative estimate of drug-likeness (QED) is 0.790. The number of carbonyl (C=O) groups is 2. The Bertz CT molecular complexity index is 525. The van der Waals surface area contributed by atoms with Gasteiger partial charge in [0.1, 0.15) is 11.4 Å². The van der Waals surface area contributed by atoms with Crippen LogP contribution in [0.15, 0.2) is 18.2 Å². The number of carboxylic acids is 1. The van der Waals surface area contributed by atoms with Gasteiger partial charge in [-0.25, -0.2) is 9.78 Å². The highest BCUT2D eigenvalue weighted by atomic mass is 16.5. The minimum atomic E-state index is -1.19. The maximum absolute atomic E-state index is 12.2. The molecule has 0 aliphatic carbocycles. The van der Waals surface area contributed by atoms with Crippen LogP contribution < -0.4 is 0 Å². The maximum Gasteiger partial charge on any atom is 0.354 e. The third kappa shape index (κ3) is 4.33. The summed E-state index contributed by atoms with van der Waals surface area (Å²) in [6.07, 6.45) is 0.189. The number of nitriles is 1. The minimum Gasteiger partial charge on any atom is -0.477 e. The van der Waals surface area contributed by atoms with Crippen molar-refractivity contribution in [3.63, 3.8) is 0 Å². The van der Waals surface area contributed by atoms with E-state index in [0.29, 0.717) is 13.2 Å². The van der Waals surface area contributed by atoms with Gasteiger partial charge in [0.25, 0.3) is 5.91 Å². The molecule has 0 saturated carbocycles. The van der Waals surface area contributed by atoms with E-state index in [1.54, 1.807) is 0 Å². The fraction of sp³-hybridized carbons (Fsp3) is 0.385. The number of amides is 1. The Kier molecular flexibility index (Phi) is 6.13. The van der Waals surface area contributed by atoms with Gasteiger partial charge < -0.3 is 14.7 Å². The lowest BCUT2D eigenvalue weighted by atomic mass is 10.2. The number of carboxylic acid groups (broad SMARTS) is 1. The van der Waals surface area contributed by atoms with Crippen molar-refractivity contribution in [2.45, 2.75) is 6.42 Å². The smallest absolute Gasteiger partial charge is 0.354 e. The first-order valence-corrected chi connectivity index (χ1v) is 5.95. The van der Waals surface area contributed by atoms with Gasteiger partial charge >= 0.3 is 5.97 Å². The number of aromatic nitrogens is 1. The molecule has 0 aromatic carbocycles. The molecule has 0 fully saturated rings. The van der Waals surface area contributed by atoms with Crippen LogP contribution in [-0.2, 0) is 4.74 Å². The number of carbonyl (C=O) groups excluding carboxylic acids is 1. The molecule has 1 heterocycles. The Hall–Kier alpha value is -2.46. The molecular weight excluding hydrogens is 262 g/mol. The number of ether oxygens (including phenoxy) is 1. The Morgan fingerprint density at radius 2 is 2.10 bits per heavy atom. The van der Waals surface area contributed by atoms with E-state index in [1.165, 1.54) is 30.2 Å². The predicted octanol–water partition coefficient (Wildman–Crippen LogP) is 0.782. The number of pyridine rings is 1. The number of aromatic carboxylic acids is 1. The van der Waals surface area contributed by atoms with Crippen molar-refractivity contribution in [2.24, 2.45) is 0 Å². The van der Waals surface area contributed by atoms with E-state index in [4.69, 9.17) is 15.1 Å². The lowest BCUT2D eigenvalue weighted by molar-refractivity contribution is 0.0685. The highest BCUT2D eigenvalue weighted by Gasteiger charge is 2.18. The van der Waals surface area contributed by atoms with Crippen LogP contribution in [0.2, 0.25) is 0 Å². The van der Waals surface area contributed by atoms with Gasteiger partial charge in [0.2, 0.25) is 0 Å². The first-order chi connectivity index (χ1) is 9.60.